The molecule has 5 rings (SSSR count). The molecule has 9 heteroatoms. The third-order valence-corrected chi connectivity index (χ3v) is 6.05. The average molecular weight is 442 g/mol. The number of nitrogens with zero attached hydrogens (tertiary/aromatic N) is 5. The van der Waals surface area contributed by atoms with Crippen LogP contribution >= 0.6 is 11.6 Å². The van der Waals surface area contributed by atoms with Crippen molar-refractivity contribution >= 4 is 23.2 Å². The molecule has 0 radical (unpaired) electrons. The Labute approximate surface area is 184 Å². The van der Waals surface area contributed by atoms with Gasteiger partial charge in [-0.15, -0.1) is 5.10 Å². The second-order valence-corrected chi connectivity index (χ2v) is 8.11. The number of aromatic nitrogens is 3. The van der Waals surface area contributed by atoms with Crippen molar-refractivity contribution in [1.82, 2.24) is 19.9 Å². The van der Waals surface area contributed by atoms with Gasteiger partial charge < -0.3 is 14.5 Å². The van der Waals surface area contributed by atoms with E-state index >= 15 is 0 Å². The van der Waals surface area contributed by atoms with Gasteiger partial charge in [0, 0.05) is 36.9 Å². The highest BCUT2D eigenvalue weighted by molar-refractivity contribution is 6.30. The van der Waals surface area contributed by atoms with Crippen LogP contribution < -0.4 is 4.90 Å². The second kappa shape index (κ2) is 8.28. The Morgan fingerprint density at radius 3 is 2.45 bits per heavy atom. The van der Waals surface area contributed by atoms with Gasteiger partial charge in [-0.25, -0.2) is 9.07 Å². The summed E-state index contributed by atoms with van der Waals surface area (Å²) in [5, 5.41) is 9.05. The monoisotopic (exact) mass is 441 g/mol. The van der Waals surface area contributed by atoms with E-state index in [1.165, 1.54) is 12.1 Å². The third kappa shape index (κ3) is 4.00. The summed E-state index contributed by atoms with van der Waals surface area (Å²) in [6.07, 6.45) is -0.159. The van der Waals surface area contributed by atoms with Crippen molar-refractivity contribution in [1.29, 1.82) is 0 Å². The lowest BCUT2D eigenvalue weighted by Crippen LogP contribution is -2.49. The fourth-order valence-electron chi connectivity index (χ4n) is 4.03. The number of hydrogen-bond acceptors (Lipinski definition) is 5. The quantitative estimate of drug-likeness (QED) is 0.624. The van der Waals surface area contributed by atoms with Gasteiger partial charge >= 0.3 is 0 Å². The first-order chi connectivity index (χ1) is 15.1. The molecule has 3 heterocycles. The summed E-state index contributed by atoms with van der Waals surface area (Å²) in [6, 6.07) is 14.0. The van der Waals surface area contributed by atoms with E-state index in [4.69, 9.17) is 16.3 Å². The molecule has 0 spiro atoms. The maximum absolute atomic E-state index is 13.2. The van der Waals surface area contributed by atoms with E-state index < -0.39 is 0 Å². The number of benzene rings is 2. The highest BCUT2D eigenvalue weighted by atomic mass is 35.5. The first-order valence-corrected chi connectivity index (χ1v) is 10.6. The van der Waals surface area contributed by atoms with E-state index in [2.05, 4.69) is 15.2 Å². The van der Waals surface area contributed by atoms with Crippen molar-refractivity contribution < 1.29 is 13.9 Å². The Hall–Kier alpha value is -2.97. The van der Waals surface area contributed by atoms with Crippen LogP contribution in [0.3, 0.4) is 0 Å². The Morgan fingerprint density at radius 2 is 1.74 bits per heavy atom. The Bertz CT molecular complexity index is 1080. The Balaban J connectivity index is 1.24. The molecule has 3 aromatic rings. The zero-order valence-corrected chi connectivity index (χ0v) is 17.5. The lowest BCUT2D eigenvalue weighted by molar-refractivity contribution is -0.00196. The number of halogens is 2. The second-order valence-electron chi connectivity index (χ2n) is 7.67. The van der Waals surface area contributed by atoms with Crippen LogP contribution in [0.25, 0.3) is 0 Å². The lowest BCUT2D eigenvalue weighted by Gasteiger charge is -2.36. The summed E-state index contributed by atoms with van der Waals surface area (Å²) >= 11 is 5.97. The number of amides is 1. The van der Waals surface area contributed by atoms with Crippen molar-refractivity contribution in [3.8, 4) is 0 Å². The largest absolute Gasteiger partial charge is 0.368 e. The minimum atomic E-state index is -0.254. The molecule has 1 fully saturated rings. The summed E-state index contributed by atoms with van der Waals surface area (Å²) in [6.45, 7) is 3.26. The van der Waals surface area contributed by atoms with Crippen LogP contribution in [0.5, 0.6) is 0 Å². The van der Waals surface area contributed by atoms with E-state index in [-0.39, 0.29) is 24.4 Å². The minimum Gasteiger partial charge on any atom is -0.368 e. The molecule has 1 atom stereocenters. The molecule has 0 N–H and O–H groups in total. The molecule has 7 nitrogen and oxygen atoms in total. The summed E-state index contributed by atoms with van der Waals surface area (Å²) in [5.74, 6) is -0.385. The lowest BCUT2D eigenvalue weighted by atomic mass is 10.1. The van der Waals surface area contributed by atoms with Gasteiger partial charge in [-0.2, -0.15) is 0 Å². The maximum atomic E-state index is 13.2. The molecule has 31 heavy (non-hydrogen) atoms. The summed E-state index contributed by atoms with van der Waals surface area (Å²) < 4.78 is 20.9. The van der Waals surface area contributed by atoms with Gasteiger partial charge in [-0.05, 0) is 42.0 Å². The van der Waals surface area contributed by atoms with Crippen LogP contribution in [-0.4, -0.2) is 52.0 Å². The predicted molar refractivity (Wildman–Crippen MR) is 114 cm³/mol. The molecular weight excluding hydrogens is 421 g/mol. The van der Waals surface area contributed by atoms with Crippen molar-refractivity contribution in [2.24, 2.45) is 0 Å². The normalized spacial score (nSPS) is 18.7. The van der Waals surface area contributed by atoms with Gasteiger partial charge in [0.2, 0.25) is 0 Å². The fraction of sp³-hybridized carbons (Fsp3) is 0.318. The number of fused-ring (bicyclic) bond motifs is 1. The summed E-state index contributed by atoms with van der Waals surface area (Å²) in [5.41, 5.74) is 3.02. The first-order valence-electron chi connectivity index (χ1n) is 10.2. The molecule has 0 saturated carbocycles. The molecule has 0 bridgehead atoms. The van der Waals surface area contributed by atoms with Crippen LogP contribution in [-0.2, 0) is 17.9 Å². The summed E-state index contributed by atoms with van der Waals surface area (Å²) in [7, 11) is 0. The van der Waals surface area contributed by atoms with Crippen molar-refractivity contribution in [2.45, 2.75) is 19.3 Å². The molecule has 2 aromatic carbocycles. The van der Waals surface area contributed by atoms with E-state index in [1.807, 2.05) is 24.3 Å². The minimum absolute atomic E-state index is 0.131. The van der Waals surface area contributed by atoms with E-state index in [1.54, 1.807) is 21.7 Å². The standard InChI is InChI=1S/C22H21ClFN5O2/c23-16-3-1-15(2-4-16)20-13-29-19(14-31-20)21(25-26-29)22(30)28-11-9-27(10-12-28)18-7-5-17(24)6-8-18/h1-8,20H,9-14H2. The fourth-order valence-corrected chi connectivity index (χ4v) is 4.15. The van der Waals surface area contributed by atoms with Gasteiger partial charge in [-0.3, -0.25) is 4.79 Å². The number of ether oxygens (including phenoxy) is 1. The van der Waals surface area contributed by atoms with Gasteiger partial charge in [0.25, 0.3) is 5.91 Å². The molecule has 0 aliphatic carbocycles. The number of anilines is 1. The number of piperazine rings is 1. The number of hydrogen-bond donors (Lipinski definition) is 0. The predicted octanol–water partition coefficient (Wildman–Crippen LogP) is 3.30. The Kier molecular flexibility index (Phi) is 5.33. The first kappa shape index (κ1) is 20.0. The summed E-state index contributed by atoms with van der Waals surface area (Å²) in [4.78, 5) is 17.0. The van der Waals surface area contributed by atoms with Crippen molar-refractivity contribution in [3.05, 3.63) is 76.3 Å². The molecule has 2 aliphatic rings. The van der Waals surface area contributed by atoms with Crippen LogP contribution in [0.1, 0.15) is 27.8 Å². The SMILES string of the molecule is O=C(c1nnn2c1COC(c1ccc(Cl)cc1)C2)N1CCN(c2ccc(F)cc2)CC1. The Morgan fingerprint density at radius 1 is 1.03 bits per heavy atom. The van der Waals surface area contributed by atoms with E-state index in [0.717, 1.165) is 11.3 Å². The number of carbonyl (C=O) groups is 1. The number of rotatable bonds is 3. The van der Waals surface area contributed by atoms with E-state index in [9.17, 15) is 9.18 Å². The zero-order valence-electron chi connectivity index (χ0n) is 16.7. The van der Waals surface area contributed by atoms with Crippen LogP contribution in [0.15, 0.2) is 48.5 Å². The average Bonchev–Trinajstić information content (AvgIpc) is 3.23. The maximum Gasteiger partial charge on any atom is 0.276 e. The smallest absolute Gasteiger partial charge is 0.276 e. The highest BCUT2D eigenvalue weighted by Gasteiger charge is 2.31. The zero-order chi connectivity index (χ0) is 21.4. The van der Waals surface area contributed by atoms with Gasteiger partial charge in [0.05, 0.1) is 18.8 Å². The van der Waals surface area contributed by atoms with Crippen LogP contribution in [0.4, 0.5) is 10.1 Å². The van der Waals surface area contributed by atoms with Crippen LogP contribution in [0.2, 0.25) is 5.02 Å². The molecule has 160 valence electrons. The van der Waals surface area contributed by atoms with Crippen LogP contribution in [0, 0.1) is 5.82 Å². The molecule has 1 saturated heterocycles. The molecular formula is C22H21ClFN5O2. The van der Waals surface area contributed by atoms with Gasteiger partial charge in [0.1, 0.15) is 11.9 Å². The third-order valence-electron chi connectivity index (χ3n) is 5.80. The topological polar surface area (TPSA) is 63.5 Å². The van der Waals surface area contributed by atoms with Gasteiger partial charge in [0.15, 0.2) is 5.69 Å². The van der Waals surface area contributed by atoms with Crippen molar-refractivity contribution in [2.75, 3.05) is 31.1 Å². The van der Waals surface area contributed by atoms with Crippen molar-refractivity contribution in [3.63, 3.8) is 0 Å². The molecule has 1 aromatic heterocycles. The highest BCUT2D eigenvalue weighted by Crippen LogP contribution is 2.28. The molecule has 2 aliphatic heterocycles. The molecule has 1 amide bonds. The molecule has 1 unspecified atom stereocenters. The van der Waals surface area contributed by atoms with Gasteiger partial charge in [-0.1, -0.05) is 28.9 Å². The number of carbonyl (C=O) groups excluding carboxylic acids is 1. The van der Waals surface area contributed by atoms with E-state index in [0.29, 0.717) is 49.1 Å².